The van der Waals surface area contributed by atoms with E-state index in [0.717, 1.165) is 25.1 Å². The molecule has 8 heteroatoms. The topological polar surface area (TPSA) is 81.0 Å². The first-order chi connectivity index (χ1) is 14.3. The van der Waals surface area contributed by atoms with E-state index < -0.39 is 9.84 Å². The van der Waals surface area contributed by atoms with Gasteiger partial charge < -0.3 is 0 Å². The summed E-state index contributed by atoms with van der Waals surface area (Å²) in [5, 5.41) is 12.1. The van der Waals surface area contributed by atoms with E-state index in [-0.39, 0.29) is 22.7 Å². The van der Waals surface area contributed by atoms with E-state index in [0.29, 0.717) is 5.82 Å². The Hall–Kier alpha value is -2.58. The summed E-state index contributed by atoms with van der Waals surface area (Å²) < 4.78 is 27.4. The molecule has 0 fully saturated rings. The van der Waals surface area contributed by atoms with Gasteiger partial charge in [0.05, 0.1) is 10.9 Å². The Morgan fingerprint density at radius 2 is 1.73 bits per heavy atom. The van der Waals surface area contributed by atoms with Crippen molar-refractivity contribution < 1.29 is 8.42 Å². The van der Waals surface area contributed by atoms with Gasteiger partial charge in [-0.1, -0.05) is 55.8 Å². The molecule has 1 aromatic heterocycles. The molecule has 0 bridgehead atoms. The number of hydrogen-bond acceptors (Lipinski definition) is 6. The maximum absolute atomic E-state index is 13.0. The van der Waals surface area contributed by atoms with Gasteiger partial charge in [0.2, 0.25) is 0 Å². The molecule has 0 N–H and O–H groups in total. The third kappa shape index (κ3) is 4.15. The van der Waals surface area contributed by atoms with E-state index in [1.165, 1.54) is 15.8 Å². The van der Waals surface area contributed by atoms with Crippen molar-refractivity contribution in [1.29, 1.82) is 0 Å². The van der Waals surface area contributed by atoms with Crippen LogP contribution < -0.4 is 0 Å². The first-order valence-electron chi connectivity index (χ1n) is 10.2. The number of rotatable bonds is 6. The van der Waals surface area contributed by atoms with Crippen LogP contribution in [0.3, 0.4) is 0 Å². The monoisotopic (exact) mass is 425 g/mol. The summed E-state index contributed by atoms with van der Waals surface area (Å²) in [6.45, 7) is 7.87. The number of nitrogens with zero attached hydrogens (tertiary/aromatic N) is 5. The van der Waals surface area contributed by atoms with Crippen molar-refractivity contribution in [2.75, 3.05) is 6.54 Å². The summed E-state index contributed by atoms with van der Waals surface area (Å²) in [4.78, 5) is 2.63. The molecule has 1 aliphatic heterocycles. The van der Waals surface area contributed by atoms with Gasteiger partial charge in [-0.3, -0.25) is 4.90 Å². The van der Waals surface area contributed by atoms with Crippen molar-refractivity contribution in [3.63, 3.8) is 0 Å². The van der Waals surface area contributed by atoms with Gasteiger partial charge in [-0.15, -0.1) is 5.10 Å². The van der Waals surface area contributed by atoms with Gasteiger partial charge in [0.1, 0.15) is 0 Å². The highest BCUT2D eigenvalue weighted by molar-refractivity contribution is 7.90. The van der Waals surface area contributed by atoms with Crippen LogP contribution in [-0.4, -0.2) is 40.1 Å². The van der Waals surface area contributed by atoms with Crippen LogP contribution in [0.4, 0.5) is 0 Å². The number of aryl methyl sites for hydroxylation is 1. The fourth-order valence-corrected chi connectivity index (χ4v) is 5.34. The molecule has 0 unspecified atom stereocenters. The Morgan fingerprint density at radius 1 is 1.03 bits per heavy atom. The molecular formula is C22H27N5O2S. The average Bonchev–Trinajstić information content (AvgIpc) is 3.15. The Balaban J connectivity index is 1.62. The first-order valence-corrected chi connectivity index (χ1v) is 11.9. The van der Waals surface area contributed by atoms with Crippen LogP contribution in [0.1, 0.15) is 42.4 Å². The lowest BCUT2D eigenvalue weighted by molar-refractivity contribution is 0.128. The molecule has 0 amide bonds. The number of fused-ring (bicyclic) bond motifs is 1. The Bertz CT molecular complexity index is 1120. The maximum Gasteiger partial charge on any atom is 0.198 e. The predicted molar refractivity (Wildman–Crippen MR) is 114 cm³/mol. The van der Waals surface area contributed by atoms with E-state index in [9.17, 15) is 8.42 Å². The normalized spacial score (nSPS) is 15.9. The minimum atomic E-state index is -3.56. The van der Waals surface area contributed by atoms with Gasteiger partial charge in [-0.05, 0) is 52.9 Å². The van der Waals surface area contributed by atoms with Crippen molar-refractivity contribution >= 4 is 9.84 Å². The zero-order chi connectivity index (χ0) is 21.3. The second-order valence-electron chi connectivity index (χ2n) is 8.27. The van der Waals surface area contributed by atoms with Crippen LogP contribution in [-0.2, 0) is 28.7 Å². The van der Waals surface area contributed by atoms with Gasteiger partial charge in [0.25, 0.3) is 0 Å². The fraction of sp³-hybridized carbons (Fsp3) is 0.409. The van der Waals surface area contributed by atoms with Crippen molar-refractivity contribution in [3.8, 4) is 0 Å². The molecule has 2 heterocycles. The Morgan fingerprint density at radius 3 is 2.43 bits per heavy atom. The standard InChI is InChI=1S/C22H27N5O2S/c1-16(2)21(26-13-12-18-6-4-5-7-19(18)14-26)22-23-24-25-27(22)15-30(28,29)20-10-8-17(3)9-11-20/h4-11,16,21H,12-15H2,1-3H3/t21-/m0/s1. The summed E-state index contributed by atoms with van der Waals surface area (Å²) in [7, 11) is -3.56. The molecule has 0 aliphatic carbocycles. The van der Waals surface area contributed by atoms with Crippen LogP contribution in [0.25, 0.3) is 0 Å². The molecule has 3 aromatic rings. The average molecular weight is 426 g/mol. The quantitative estimate of drug-likeness (QED) is 0.603. The van der Waals surface area contributed by atoms with Crippen LogP contribution >= 0.6 is 0 Å². The number of benzene rings is 2. The summed E-state index contributed by atoms with van der Waals surface area (Å²) in [5.74, 6) is 0.550. The van der Waals surface area contributed by atoms with Gasteiger partial charge in [0, 0.05) is 13.1 Å². The van der Waals surface area contributed by atoms with Crippen molar-refractivity contribution in [1.82, 2.24) is 25.1 Å². The van der Waals surface area contributed by atoms with Gasteiger partial charge in [-0.2, -0.15) is 0 Å². The smallest absolute Gasteiger partial charge is 0.198 e. The molecule has 1 atom stereocenters. The van der Waals surface area contributed by atoms with Gasteiger partial charge in [0.15, 0.2) is 21.5 Å². The molecule has 2 aromatic carbocycles. The van der Waals surface area contributed by atoms with Crippen LogP contribution in [0, 0.1) is 12.8 Å². The SMILES string of the molecule is Cc1ccc(S(=O)(=O)Cn2nnnc2[C@H](C(C)C)N2CCc3ccccc3C2)cc1. The maximum atomic E-state index is 13.0. The second kappa shape index (κ2) is 8.28. The second-order valence-corrected chi connectivity index (χ2v) is 10.2. The minimum absolute atomic E-state index is 0.0680. The van der Waals surface area contributed by atoms with Crippen LogP contribution in [0.2, 0.25) is 0 Å². The molecule has 4 rings (SSSR count). The van der Waals surface area contributed by atoms with E-state index in [1.54, 1.807) is 24.3 Å². The van der Waals surface area contributed by atoms with Crippen LogP contribution in [0.15, 0.2) is 53.4 Å². The zero-order valence-corrected chi connectivity index (χ0v) is 18.4. The lowest BCUT2D eigenvalue weighted by Gasteiger charge is -2.36. The molecule has 158 valence electrons. The number of tetrazole rings is 1. The highest BCUT2D eigenvalue weighted by Crippen LogP contribution is 2.32. The van der Waals surface area contributed by atoms with Crippen molar-refractivity contribution in [2.24, 2.45) is 5.92 Å². The predicted octanol–water partition coefficient (Wildman–Crippen LogP) is 3.17. The fourth-order valence-electron chi connectivity index (χ4n) is 4.13. The van der Waals surface area contributed by atoms with Gasteiger partial charge in [-0.25, -0.2) is 13.1 Å². The lowest BCUT2D eigenvalue weighted by Crippen LogP contribution is -2.38. The highest BCUT2D eigenvalue weighted by atomic mass is 32.2. The minimum Gasteiger partial charge on any atom is -0.288 e. The molecule has 7 nitrogen and oxygen atoms in total. The Kier molecular flexibility index (Phi) is 5.71. The van der Waals surface area contributed by atoms with E-state index in [1.807, 2.05) is 6.92 Å². The van der Waals surface area contributed by atoms with Crippen molar-refractivity contribution in [3.05, 3.63) is 71.0 Å². The number of sulfone groups is 1. The van der Waals surface area contributed by atoms with E-state index >= 15 is 0 Å². The van der Waals surface area contributed by atoms with E-state index in [4.69, 9.17) is 0 Å². The van der Waals surface area contributed by atoms with Gasteiger partial charge >= 0.3 is 0 Å². The first kappa shape index (κ1) is 20.7. The van der Waals surface area contributed by atoms with E-state index in [2.05, 4.69) is 58.5 Å². The highest BCUT2D eigenvalue weighted by Gasteiger charge is 2.32. The number of hydrogen-bond donors (Lipinski definition) is 0. The summed E-state index contributed by atoms with van der Waals surface area (Å²) in [6.07, 6.45) is 0.961. The summed E-state index contributed by atoms with van der Waals surface area (Å²) in [5.41, 5.74) is 3.70. The molecule has 0 saturated carbocycles. The molecule has 0 spiro atoms. The largest absolute Gasteiger partial charge is 0.288 e. The molecule has 0 saturated heterocycles. The number of aromatic nitrogens is 4. The third-order valence-corrected chi connectivity index (χ3v) is 7.26. The summed E-state index contributed by atoms with van der Waals surface area (Å²) in [6, 6.07) is 15.3. The summed E-state index contributed by atoms with van der Waals surface area (Å²) >= 11 is 0. The van der Waals surface area contributed by atoms with Crippen molar-refractivity contribution in [2.45, 2.75) is 50.6 Å². The third-order valence-electron chi connectivity index (χ3n) is 5.68. The van der Waals surface area contributed by atoms with Crippen LogP contribution in [0.5, 0.6) is 0 Å². The Labute approximate surface area is 177 Å². The molecule has 30 heavy (non-hydrogen) atoms. The molecular weight excluding hydrogens is 398 g/mol. The lowest BCUT2D eigenvalue weighted by atomic mass is 9.94. The zero-order valence-electron chi connectivity index (χ0n) is 17.6. The molecule has 1 aliphatic rings. The molecule has 0 radical (unpaired) electrons.